The Morgan fingerprint density at radius 1 is 0.400 bits per heavy atom. The smallest absolute Gasteiger partial charge is 0.462 e. The van der Waals surface area contributed by atoms with Crippen LogP contribution < -0.4 is 0 Å². The molecule has 3 unspecified atom stereocenters. The Kier molecular flexibility index (Phi) is 50.8. The summed E-state index contributed by atoms with van der Waals surface area (Å²) in [5, 5.41) is 9.78. The number of ether oxygens (including phenoxy) is 3. The molecule has 0 aliphatic rings. The SMILES string of the molecule is CCCC/C=C\CCCCCCCC(=O)OC(CO)COP(=O)(O)OCC(COC(=O)CCCCCCCC/C=C\C/C=C\C/C=C\CCCCC)OC(=O)CCCCCCCCCCCCCCC. The molecule has 0 aromatic heterocycles. The Balaban J connectivity index is 4.71. The molecule has 12 heteroatoms. The molecule has 11 nitrogen and oxygen atoms in total. The molecule has 0 heterocycles. The standard InChI is InChI=1S/C58H105O11P/c1-4-7-10-13-16-19-22-24-25-26-27-28-29-31-33-35-38-41-44-47-56(60)65-51-55(69-58(62)49-46-43-40-37-34-30-23-20-17-14-11-8-5-2)53-67-70(63,64)66-52-54(50-59)68-57(61)48-45-42-39-36-32-21-18-15-12-9-6-3/h15-16,18-19,24-25,27-28,54-55,59H,4-14,17,20-23,26,29-53H2,1-3H3,(H,63,64)/b18-15-,19-16-,25-24-,28-27-. The van der Waals surface area contributed by atoms with Crippen LogP contribution in [0.25, 0.3) is 0 Å². The van der Waals surface area contributed by atoms with Gasteiger partial charge in [-0.1, -0.05) is 217 Å². The molecule has 0 rings (SSSR count). The Morgan fingerprint density at radius 2 is 0.714 bits per heavy atom. The Morgan fingerprint density at radius 3 is 1.16 bits per heavy atom. The number of hydrogen-bond donors (Lipinski definition) is 2. The van der Waals surface area contributed by atoms with Gasteiger partial charge in [-0.3, -0.25) is 23.4 Å². The van der Waals surface area contributed by atoms with E-state index in [1.54, 1.807) is 0 Å². The van der Waals surface area contributed by atoms with E-state index in [2.05, 4.69) is 69.4 Å². The van der Waals surface area contributed by atoms with E-state index in [0.717, 1.165) is 109 Å². The van der Waals surface area contributed by atoms with Crippen molar-refractivity contribution < 1.29 is 52.2 Å². The van der Waals surface area contributed by atoms with Gasteiger partial charge >= 0.3 is 25.7 Å². The van der Waals surface area contributed by atoms with Crippen LogP contribution in [0, 0.1) is 0 Å². The summed E-state index contributed by atoms with van der Waals surface area (Å²) in [6.45, 7) is 4.57. The van der Waals surface area contributed by atoms with Crippen molar-refractivity contribution in [3.63, 3.8) is 0 Å². The molecule has 70 heavy (non-hydrogen) atoms. The van der Waals surface area contributed by atoms with Crippen molar-refractivity contribution in [2.45, 2.75) is 277 Å². The molecule has 0 aliphatic heterocycles. The minimum absolute atomic E-state index is 0.167. The third-order valence-corrected chi connectivity index (χ3v) is 13.2. The minimum Gasteiger partial charge on any atom is -0.462 e. The number of aliphatic hydroxyl groups is 1. The van der Waals surface area contributed by atoms with Crippen LogP contribution in [0.1, 0.15) is 265 Å². The zero-order chi connectivity index (χ0) is 51.3. The molecular weight excluding hydrogens is 904 g/mol. The first-order chi connectivity index (χ1) is 34.2. The number of phosphoric acid groups is 1. The number of rotatable bonds is 53. The number of carbonyl (C=O) groups is 3. The lowest BCUT2D eigenvalue weighted by molar-refractivity contribution is -0.161. The highest BCUT2D eigenvalue weighted by molar-refractivity contribution is 7.47. The molecule has 3 atom stereocenters. The summed E-state index contributed by atoms with van der Waals surface area (Å²) < 4.78 is 39.4. The molecule has 0 saturated heterocycles. The summed E-state index contributed by atoms with van der Waals surface area (Å²) in [6.07, 6.45) is 55.0. The molecule has 0 bridgehead atoms. The summed E-state index contributed by atoms with van der Waals surface area (Å²) in [5.74, 6) is -1.48. The van der Waals surface area contributed by atoms with E-state index in [4.69, 9.17) is 23.3 Å². The van der Waals surface area contributed by atoms with Crippen molar-refractivity contribution in [2.24, 2.45) is 0 Å². The Bertz CT molecular complexity index is 1360. The van der Waals surface area contributed by atoms with E-state index in [9.17, 15) is 28.9 Å². The van der Waals surface area contributed by atoms with Gasteiger partial charge in [0.2, 0.25) is 0 Å². The Hall–Kier alpha value is -2.56. The van der Waals surface area contributed by atoms with Crippen LogP contribution in [0.3, 0.4) is 0 Å². The van der Waals surface area contributed by atoms with Gasteiger partial charge < -0.3 is 24.2 Å². The fourth-order valence-corrected chi connectivity index (χ4v) is 8.60. The van der Waals surface area contributed by atoms with Crippen molar-refractivity contribution in [3.05, 3.63) is 48.6 Å². The van der Waals surface area contributed by atoms with Crippen LogP contribution in [0.2, 0.25) is 0 Å². The second-order valence-corrected chi connectivity index (χ2v) is 20.6. The normalized spacial score (nSPS) is 13.7. The highest BCUT2D eigenvalue weighted by Crippen LogP contribution is 2.43. The lowest BCUT2D eigenvalue weighted by atomic mass is 10.0. The third kappa shape index (κ3) is 50.4. The fraction of sp³-hybridized carbons (Fsp3) is 0.810. The maximum absolute atomic E-state index is 12.9. The van der Waals surface area contributed by atoms with Gasteiger partial charge in [-0.25, -0.2) is 4.57 Å². The number of unbranched alkanes of at least 4 members (excludes halogenated alkanes) is 28. The van der Waals surface area contributed by atoms with Crippen LogP contribution in [0.4, 0.5) is 0 Å². The molecular formula is C58H105O11P. The molecule has 408 valence electrons. The summed E-state index contributed by atoms with van der Waals surface area (Å²) >= 11 is 0. The average Bonchev–Trinajstić information content (AvgIpc) is 3.35. The maximum atomic E-state index is 12.9. The van der Waals surface area contributed by atoms with Gasteiger partial charge in [-0.05, 0) is 77.0 Å². The predicted molar refractivity (Wildman–Crippen MR) is 289 cm³/mol. The molecule has 0 spiro atoms. The number of carbonyl (C=O) groups excluding carboxylic acids is 3. The number of esters is 3. The monoisotopic (exact) mass is 1010 g/mol. The van der Waals surface area contributed by atoms with Crippen LogP contribution in [-0.2, 0) is 42.2 Å². The lowest BCUT2D eigenvalue weighted by Gasteiger charge is -2.21. The van der Waals surface area contributed by atoms with E-state index in [-0.39, 0.29) is 25.9 Å². The number of aliphatic hydroxyl groups excluding tert-OH is 1. The van der Waals surface area contributed by atoms with E-state index in [0.29, 0.717) is 19.3 Å². The second kappa shape index (κ2) is 52.8. The molecule has 0 aromatic rings. The van der Waals surface area contributed by atoms with Gasteiger partial charge in [-0.15, -0.1) is 0 Å². The summed E-state index contributed by atoms with van der Waals surface area (Å²) in [6, 6.07) is 0. The van der Waals surface area contributed by atoms with Crippen molar-refractivity contribution in [2.75, 3.05) is 26.4 Å². The summed E-state index contributed by atoms with van der Waals surface area (Å²) in [4.78, 5) is 48.4. The number of hydrogen-bond acceptors (Lipinski definition) is 10. The molecule has 0 amide bonds. The van der Waals surface area contributed by atoms with Crippen LogP contribution in [-0.4, -0.2) is 66.5 Å². The fourth-order valence-electron chi connectivity index (χ4n) is 7.81. The van der Waals surface area contributed by atoms with Gasteiger partial charge in [-0.2, -0.15) is 0 Å². The largest absolute Gasteiger partial charge is 0.472 e. The van der Waals surface area contributed by atoms with E-state index in [1.807, 2.05) is 0 Å². The summed E-state index contributed by atoms with van der Waals surface area (Å²) in [5.41, 5.74) is 0. The molecule has 0 radical (unpaired) electrons. The zero-order valence-electron chi connectivity index (χ0n) is 45.0. The van der Waals surface area contributed by atoms with Crippen molar-refractivity contribution in [3.8, 4) is 0 Å². The van der Waals surface area contributed by atoms with Crippen molar-refractivity contribution in [1.29, 1.82) is 0 Å². The van der Waals surface area contributed by atoms with Crippen molar-refractivity contribution in [1.82, 2.24) is 0 Å². The quantitative estimate of drug-likeness (QED) is 0.0197. The topological polar surface area (TPSA) is 155 Å². The maximum Gasteiger partial charge on any atom is 0.472 e. The number of allylic oxidation sites excluding steroid dienone is 8. The van der Waals surface area contributed by atoms with E-state index < -0.39 is 57.8 Å². The summed E-state index contributed by atoms with van der Waals surface area (Å²) in [7, 11) is -4.74. The zero-order valence-corrected chi connectivity index (χ0v) is 45.9. The first-order valence-electron chi connectivity index (χ1n) is 28.5. The van der Waals surface area contributed by atoms with Crippen LogP contribution in [0.5, 0.6) is 0 Å². The highest BCUT2D eigenvalue weighted by atomic mass is 31.2. The predicted octanol–water partition coefficient (Wildman–Crippen LogP) is 16.6. The third-order valence-electron chi connectivity index (χ3n) is 12.2. The lowest BCUT2D eigenvalue weighted by Crippen LogP contribution is -2.30. The van der Waals surface area contributed by atoms with Crippen LogP contribution in [0.15, 0.2) is 48.6 Å². The van der Waals surface area contributed by atoms with Gasteiger partial charge in [0.15, 0.2) is 6.10 Å². The van der Waals surface area contributed by atoms with Gasteiger partial charge in [0.25, 0.3) is 0 Å². The van der Waals surface area contributed by atoms with Gasteiger partial charge in [0.05, 0.1) is 19.8 Å². The molecule has 0 aromatic carbocycles. The van der Waals surface area contributed by atoms with E-state index in [1.165, 1.54) is 96.3 Å². The van der Waals surface area contributed by atoms with Crippen LogP contribution >= 0.6 is 7.82 Å². The molecule has 2 N–H and O–H groups in total. The Labute approximate surface area is 428 Å². The molecule has 0 saturated carbocycles. The van der Waals surface area contributed by atoms with Gasteiger partial charge in [0, 0.05) is 19.3 Å². The van der Waals surface area contributed by atoms with Crippen molar-refractivity contribution >= 4 is 25.7 Å². The first kappa shape index (κ1) is 67.4. The van der Waals surface area contributed by atoms with E-state index >= 15 is 0 Å². The minimum atomic E-state index is -4.74. The second-order valence-electron chi connectivity index (χ2n) is 19.1. The number of phosphoric ester groups is 1. The highest BCUT2D eigenvalue weighted by Gasteiger charge is 2.28. The average molecular weight is 1010 g/mol. The molecule has 0 fully saturated rings. The first-order valence-corrected chi connectivity index (χ1v) is 30.0. The van der Waals surface area contributed by atoms with Gasteiger partial charge in [0.1, 0.15) is 12.7 Å². The molecule has 0 aliphatic carbocycles.